The molecule has 1 N–H and O–H groups in total. The SMILES string of the molecule is CCCNc1nc(C2CN(CC)CCO2)ncc1I. The van der Waals surface area contributed by atoms with Crippen molar-refractivity contribution in [1.82, 2.24) is 14.9 Å². The lowest BCUT2D eigenvalue weighted by Crippen LogP contribution is -2.38. The number of hydrogen-bond donors (Lipinski definition) is 1. The molecule has 1 aliphatic rings. The average Bonchev–Trinajstić information content (AvgIpc) is 2.46. The van der Waals surface area contributed by atoms with Crippen LogP contribution < -0.4 is 5.32 Å². The Morgan fingerprint density at radius 3 is 3.11 bits per heavy atom. The predicted octanol–water partition coefficient (Wildman–Crippen LogP) is 2.30. The highest BCUT2D eigenvalue weighted by atomic mass is 127. The summed E-state index contributed by atoms with van der Waals surface area (Å²) in [5.41, 5.74) is 0. The van der Waals surface area contributed by atoms with Crippen LogP contribution in [0.1, 0.15) is 32.2 Å². The van der Waals surface area contributed by atoms with Gasteiger partial charge in [-0.25, -0.2) is 9.97 Å². The molecule has 6 heteroatoms. The molecule has 0 spiro atoms. The van der Waals surface area contributed by atoms with Gasteiger partial charge in [-0.1, -0.05) is 13.8 Å². The molecular formula is C13H21IN4O. The maximum atomic E-state index is 5.80. The molecule has 0 bridgehead atoms. The third kappa shape index (κ3) is 4.00. The number of nitrogens with one attached hydrogen (secondary N) is 1. The molecule has 2 rings (SSSR count). The summed E-state index contributed by atoms with van der Waals surface area (Å²) in [6, 6.07) is 0. The predicted molar refractivity (Wildman–Crippen MR) is 84.3 cm³/mol. The van der Waals surface area contributed by atoms with E-state index in [1.807, 2.05) is 6.20 Å². The molecule has 0 aromatic carbocycles. The van der Waals surface area contributed by atoms with E-state index in [2.05, 4.69) is 56.6 Å². The van der Waals surface area contributed by atoms with Gasteiger partial charge in [0.2, 0.25) is 0 Å². The van der Waals surface area contributed by atoms with Crippen LogP contribution in [-0.4, -0.2) is 47.7 Å². The van der Waals surface area contributed by atoms with Crippen molar-refractivity contribution < 1.29 is 4.74 Å². The van der Waals surface area contributed by atoms with Crippen molar-refractivity contribution in [2.75, 3.05) is 38.1 Å². The first kappa shape index (κ1) is 14.9. The summed E-state index contributed by atoms with van der Waals surface area (Å²) in [5, 5.41) is 3.34. The Kier molecular flexibility index (Phi) is 5.77. The molecule has 2 heterocycles. The minimum atomic E-state index is -0.00660. The van der Waals surface area contributed by atoms with Crippen molar-refractivity contribution in [3.63, 3.8) is 0 Å². The topological polar surface area (TPSA) is 50.3 Å². The van der Waals surface area contributed by atoms with Crippen molar-refractivity contribution in [2.24, 2.45) is 0 Å². The van der Waals surface area contributed by atoms with Gasteiger partial charge in [-0.2, -0.15) is 0 Å². The molecular weight excluding hydrogens is 355 g/mol. The molecule has 106 valence electrons. The highest BCUT2D eigenvalue weighted by Gasteiger charge is 2.23. The molecule has 0 radical (unpaired) electrons. The molecule has 0 amide bonds. The number of nitrogens with zero attached hydrogens (tertiary/aromatic N) is 3. The number of rotatable bonds is 5. The lowest BCUT2D eigenvalue weighted by Gasteiger charge is -2.31. The first-order valence-corrected chi connectivity index (χ1v) is 7.92. The van der Waals surface area contributed by atoms with E-state index >= 15 is 0 Å². The van der Waals surface area contributed by atoms with Crippen LogP contribution >= 0.6 is 22.6 Å². The summed E-state index contributed by atoms with van der Waals surface area (Å²) < 4.78 is 6.85. The third-order valence-corrected chi connectivity index (χ3v) is 3.98. The lowest BCUT2D eigenvalue weighted by atomic mass is 10.2. The zero-order chi connectivity index (χ0) is 13.7. The fourth-order valence-corrected chi connectivity index (χ4v) is 2.50. The van der Waals surface area contributed by atoms with Crippen LogP contribution in [0.2, 0.25) is 0 Å². The van der Waals surface area contributed by atoms with E-state index in [1.54, 1.807) is 0 Å². The Bertz CT molecular complexity index is 416. The molecule has 0 saturated carbocycles. The second-order valence-corrected chi connectivity index (χ2v) is 5.77. The van der Waals surface area contributed by atoms with Gasteiger partial charge in [0.05, 0.1) is 10.2 Å². The Morgan fingerprint density at radius 1 is 1.53 bits per heavy atom. The zero-order valence-corrected chi connectivity index (χ0v) is 13.7. The van der Waals surface area contributed by atoms with Crippen LogP contribution in [0, 0.1) is 3.57 Å². The zero-order valence-electron chi connectivity index (χ0n) is 11.5. The first-order valence-electron chi connectivity index (χ1n) is 6.84. The van der Waals surface area contributed by atoms with Gasteiger partial charge in [0, 0.05) is 25.8 Å². The number of morpholine rings is 1. The molecule has 1 unspecified atom stereocenters. The number of hydrogen-bond acceptors (Lipinski definition) is 5. The molecule has 1 fully saturated rings. The minimum absolute atomic E-state index is 0.00660. The smallest absolute Gasteiger partial charge is 0.160 e. The minimum Gasteiger partial charge on any atom is -0.369 e. The van der Waals surface area contributed by atoms with Crippen molar-refractivity contribution >= 4 is 28.4 Å². The number of ether oxygens (including phenoxy) is 1. The van der Waals surface area contributed by atoms with Crippen molar-refractivity contribution in [3.05, 3.63) is 15.6 Å². The van der Waals surface area contributed by atoms with Crippen LogP contribution in [0.4, 0.5) is 5.82 Å². The van der Waals surface area contributed by atoms with E-state index in [4.69, 9.17) is 4.74 Å². The molecule has 1 atom stereocenters. The lowest BCUT2D eigenvalue weighted by molar-refractivity contribution is -0.0325. The Balaban J connectivity index is 2.10. The number of aromatic nitrogens is 2. The van der Waals surface area contributed by atoms with Gasteiger partial charge in [0.25, 0.3) is 0 Å². The monoisotopic (exact) mass is 376 g/mol. The van der Waals surface area contributed by atoms with Gasteiger partial charge in [0.15, 0.2) is 5.82 Å². The van der Waals surface area contributed by atoms with Crippen molar-refractivity contribution in [2.45, 2.75) is 26.4 Å². The third-order valence-electron chi connectivity index (χ3n) is 3.19. The molecule has 0 aliphatic carbocycles. The fraction of sp³-hybridized carbons (Fsp3) is 0.692. The maximum Gasteiger partial charge on any atom is 0.160 e. The second-order valence-electron chi connectivity index (χ2n) is 4.60. The normalized spacial score (nSPS) is 20.5. The first-order chi connectivity index (χ1) is 9.24. The molecule has 19 heavy (non-hydrogen) atoms. The van der Waals surface area contributed by atoms with E-state index < -0.39 is 0 Å². The number of likely N-dealkylation sites (N-methyl/N-ethyl adjacent to an activating group) is 1. The highest BCUT2D eigenvalue weighted by Crippen LogP contribution is 2.22. The molecule has 1 aromatic rings. The number of halogens is 1. The van der Waals surface area contributed by atoms with Crippen molar-refractivity contribution in [1.29, 1.82) is 0 Å². The molecule has 1 aromatic heterocycles. The van der Waals surface area contributed by atoms with E-state index in [9.17, 15) is 0 Å². The van der Waals surface area contributed by atoms with Crippen molar-refractivity contribution in [3.8, 4) is 0 Å². The average molecular weight is 376 g/mol. The van der Waals surface area contributed by atoms with Crippen LogP contribution in [0.25, 0.3) is 0 Å². The van der Waals surface area contributed by atoms with Crippen LogP contribution in [0.15, 0.2) is 6.20 Å². The standard InChI is InChI=1S/C13H21IN4O/c1-3-5-15-12-10(14)8-16-13(17-12)11-9-18(4-2)6-7-19-11/h8,11H,3-7,9H2,1-2H3,(H,15,16,17). The van der Waals surface area contributed by atoms with Gasteiger partial charge in [0.1, 0.15) is 11.9 Å². The quantitative estimate of drug-likeness (QED) is 0.800. The summed E-state index contributed by atoms with van der Waals surface area (Å²) in [7, 11) is 0. The van der Waals surface area contributed by atoms with E-state index in [0.717, 1.165) is 54.4 Å². The Hall–Kier alpha value is -0.470. The summed E-state index contributed by atoms with van der Waals surface area (Å²) in [6.07, 6.45) is 2.95. The summed E-state index contributed by atoms with van der Waals surface area (Å²) in [5.74, 6) is 1.71. The van der Waals surface area contributed by atoms with Crippen LogP contribution in [0.5, 0.6) is 0 Å². The fourth-order valence-electron chi connectivity index (χ4n) is 2.05. The molecule has 5 nitrogen and oxygen atoms in total. The van der Waals surface area contributed by atoms with Gasteiger partial charge in [-0.15, -0.1) is 0 Å². The summed E-state index contributed by atoms with van der Waals surface area (Å²) in [6.45, 7) is 8.93. The Morgan fingerprint density at radius 2 is 2.37 bits per heavy atom. The van der Waals surface area contributed by atoms with Crippen LogP contribution in [0.3, 0.4) is 0 Å². The highest BCUT2D eigenvalue weighted by molar-refractivity contribution is 14.1. The Labute approximate surface area is 128 Å². The second kappa shape index (κ2) is 7.35. The summed E-state index contributed by atoms with van der Waals surface area (Å²) >= 11 is 2.26. The van der Waals surface area contributed by atoms with Gasteiger partial charge in [-0.3, -0.25) is 4.90 Å². The van der Waals surface area contributed by atoms with Crippen LogP contribution in [-0.2, 0) is 4.74 Å². The van der Waals surface area contributed by atoms with Gasteiger partial charge >= 0.3 is 0 Å². The maximum absolute atomic E-state index is 5.80. The van der Waals surface area contributed by atoms with E-state index in [-0.39, 0.29) is 6.10 Å². The largest absolute Gasteiger partial charge is 0.369 e. The number of anilines is 1. The van der Waals surface area contributed by atoms with Gasteiger partial charge < -0.3 is 10.1 Å². The van der Waals surface area contributed by atoms with E-state index in [1.165, 1.54) is 0 Å². The van der Waals surface area contributed by atoms with Gasteiger partial charge in [-0.05, 0) is 35.6 Å². The summed E-state index contributed by atoms with van der Waals surface area (Å²) in [4.78, 5) is 11.4. The molecule has 1 aliphatic heterocycles. The molecule has 1 saturated heterocycles. The van der Waals surface area contributed by atoms with E-state index in [0.29, 0.717) is 0 Å².